The van der Waals surface area contributed by atoms with Gasteiger partial charge in [0, 0.05) is 23.2 Å². The third-order valence-corrected chi connectivity index (χ3v) is 4.84. The number of para-hydroxylation sites is 1. The number of benzene rings is 1. The van der Waals surface area contributed by atoms with E-state index in [2.05, 4.69) is 70.3 Å². The molecule has 0 amide bonds. The van der Waals surface area contributed by atoms with Crippen LogP contribution in [0.1, 0.15) is 70.6 Å². The second-order valence-electron chi connectivity index (χ2n) is 8.15. The molecule has 27 heavy (non-hydrogen) atoms. The molecular weight excluding hydrogens is 338 g/mol. The number of fused-ring (bicyclic) bond motifs is 1. The third-order valence-electron chi connectivity index (χ3n) is 4.84. The van der Waals surface area contributed by atoms with E-state index in [9.17, 15) is 0 Å². The van der Waals surface area contributed by atoms with Gasteiger partial charge in [0.25, 0.3) is 0 Å². The van der Waals surface area contributed by atoms with Gasteiger partial charge in [-0.1, -0.05) is 12.1 Å². The predicted octanol–water partition coefficient (Wildman–Crippen LogP) is 5.50. The van der Waals surface area contributed by atoms with Crippen molar-refractivity contribution < 1.29 is 9.15 Å². The summed E-state index contributed by atoms with van der Waals surface area (Å²) in [6, 6.07) is 8.32. The molecule has 2 atom stereocenters. The Morgan fingerprint density at radius 1 is 1.22 bits per heavy atom. The van der Waals surface area contributed by atoms with Crippen LogP contribution >= 0.6 is 0 Å². The zero-order chi connectivity index (χ0) is 19.8. The summed E-state index contributed by atoms with van der Waals surface area (Å²) >= 11 is 0. The van der Waals surface area contributed by atoms with E-state index in [0.29, 0.717) is 6.61 Å². The fourth-order valence-electron chi connectivity index (χ4n) is 3.33. The van der Waals surface area contributed by atoms with Gasteiger partial charge in [0.15, 0.2) is 11.3 Å². The van der Waals surface area contributed by atoms with Crippen LogP contribution < -0.4 is 10.1 Å². The predicted molar refractivity (Wildman–Crippen MR) is 109 cm³/mol. The van der Waals surface area contributed by atoms with Gasteiger partial charge in [-0.3, -0.25) is 4.68 Å². The Morgan fingerprint density at radius 2 is 1.96 bits per heavy atom. The molecule has 0 fully saturated rings. The zero-order valence-electron chi connectivity index (χ0n) is 17.5. The van der Waals surface area contributed by atoms with Crippen molar-refractivity contribution in [1.82, 2.24) is 15.1 Å². The summed E-state index contributed by atoms with van der Waals surface area (Å²) in [7, 11) is 0. The van der Waals surface area contributed by atoms with E-state index < -0.39 is 0 Å². The number of furan rings is 1. The highest BCUT2D eigenvalue weighted by Gasteiger charge is 2.22. The molecule has 5 nitrogen and oxygen atoms in total. The van der Waals surface area contributed by atoms with Gasteiger partial charge >= 0.3 is 0 Å². The molecule has 0 bridgehead atoms. The second kappa shape index (κ2) is 7.39. The summed E-state index contributed by atoms with van der Waals surface area (Å²) < 4.78 is 13.9. The van der Waals surface area contributed by atoms with Crippen molar-refractivity contribution in [3.8, 4) is 5.75 Å². The summed E-state index contributed by atoms with van der Waals surface area (Å²) in [5.74, 6) is 1.70. The molecule has 3 rings (SSSR count). The first-order valence-corrected chi connectivity index (χ1v) is 9.68. The lowest BCUT2D eigenvalue weighted by Crippen LogP contribution is -2.23. The van der Waals surface area contributed by atoms with Crippen molar-refractivity contribution in [3.05, 3.63) is 47.5 Å². The number of aromatic nitrogens is 2. The van der Waals surface area contributed by atoms with E-state index in [1.807, 2.05) is 23.7 Å². The topological polar surface area (TPSA) is 52.2 Å². The van der Waals surface area contributed by atoms with Gasteiger partial charge in [-0.2, -0.15) is 5.10 Å². The number of nitrogens with zero attached hydrogens (tertiary/aromatic N) is 2. The smallest absolute Gasteiger partial charge is 0.176 e. The molecule has 0 aliphatic heterocycles. The maximum atomic E-state index is 6.13. The van der Waals surface area contributed by atoms with Crippen LogP contribution in [0.5, 0.6) is 5.75 Å². The highest BCUT2D eigenvalue weighted by atomic mass is 16.5. The van der Waals surface area contributed by atoms with Crippen LogP contribution in [0.2, 0.25) is 0 Å². The lowest BCUT2D eigenvalue weighted by molar-refractivity contribution is 0.335. The number of nitrogens with one attached hydrogen (secondary N) is 1. The molecule has 5 heteroatoms. The standard InChI is InChI=1S/C22H31N3O2/c1-8-26-19-11-9-10-17-12-20(27-21(17)19)16(4)23-14(2)18-13-25(22(5,6)7)24-15(18)3/h9-14,16,23H,8H2,1-7H3/t14-,16+/m1/s1. The van der Waals surface area contributed by atoms with Gasteiger partial charge < -0.3 is 14.5 Å². The minimum Gasteiger partial charge on any atom is -0.490 e. The molecule has 0 saturated carbocycles. The average molecular weight is 370 g/mol. The Bertz CT molecular complexity index is 917. The first-order valence-electron chi connectivity index (χ1n) is 9.68. The van der Waals surface area contributed by atoms with Crippen LogP contribution in [0.25, 0.3) is 11.0 Å². The van der Waals surface area contributed by atoms with Crippen molar-refractivity contribution in [2.75, 3.05) is 6.61 Å². The highest BCUT2D eigenvalue weighted by Crippen LogP contribution is 2.32. The summed E-state index contributed by atoms with van der Waals surface area (Å²) in [4.78, 5) is 0. The largest absolute Gasteiger partial charge is 0.490 e. The molecule has 0 aliphatic rings. The number of hydrogen-bond donors (Lipinski definition) is 1. The van der Waals surface area contributed by atoms with Crippen LogP contribution in [0, 0.1) is 6.92 Å². The SMILES string of the molecule is CCOc1cccc2cc([C@H](C)N[C@H](C)c3cn(C(C)(C)C)nc3C)oc12. The number of ether oxygens (including phenoxy) is 1. The van der Waals surface area contributed by atoms with Crippen LogP contribution in [-0.2, 0) is 5.54 Å². The van der Waals surface area contributed by atoms with Gasteiger partial charge in [0.2, 0.25) is 0 Å². The van der Waals surface area contributed by atoms with Crippen molar-refractivity contribution in [1.29, 1.82) is 0 Å². The average Bonchev–Trinajstić information content (AvgIpc) is 3.19. The van der Waals surface area contributed by atoms with E-state index in [-0.39, 0.29) is 17.6 Å². The van der Waals surface area contributed by atoms with Crippen molar-refractivity contribution in [2.45, 2.75) is 66.1 Å². The molecular formula is C22H31N3O2. The lowest BCUT2D eigenvalue weighted by atomic mass is 10.1. The van der Waals surface area contributed by atoms with Crippen molar-refractivity contribution in [3.63, 3.8) is 0 Å². The molecule has 0 saturated heterocycles. The van der Waals surface area contributed by atoms with Gasteiger partial charge in [-0.05, 0) is 60.6 Å². The lowest BCUT2D eigenvalue weighted by Gasteiger charge is -2.20. The van der Waals surface area contributed by atoms with E-state index >= 15 is 0 Å². The molecule has 0 radical (unpaired) electrons. The number of rotatable bonds is 6. The molecule has 3 aromatic rings. The third kappa shape index (κ3) is 4.03. The highest BCUT2D eigenvalue weighted by molar-refractivity contribution is 5.83. The number of hydrogen-bond acceptors (Lipinski definition) is 4. The van der Waals surface area contributed by atoms with E-state index in [0.717, 1.165) is 28.2 Å². The zero-order valence-corrected chi connectivity index (χ0v) is 17.5. The van der Waals surface area contributed by atoms with Gasteiger partial charge in [-0.25, -0.2) is 0 Å². The quantitative estimate of drug-likeness (QED) is 0.623. The second-order valence-corrected chi connectivity index (χ2v) is 8.15. The van der Waals surface area contributed by atoms with E-state index in [4.69, 9.17) is 9.15 Å². The van der Waals surface area contributed by atoms with Crippen LogP contribution in [-0.4, -0.2) is 16.4 Å². The molecule has 2 aromatic heterocycles. The number of aryl methyl sites for hydroxylation is 1. The first kappa shape index (κ1) is 19.5. The summed E-state index contributed by atoms with van der Waals surface area (Å²) in [5, 5.41) is 9.39. The van der Waals surface area contributed by atoms with E-state index in [1.165, 1.54) is 5.56 Å². The summed E-state index contributed by atoms with van der Waals surface area (Å²) in [6.07, 6.45) is 2.14. The van der Waals surface area contributed by atoms with Crippen molar-refractivity contribution in [2.24, 2.45) is 0 Å². The molecule has 1 aromatic carbocycles. The molecule has 1 N–H and O–H groups in total. The monoisotopic (exact) mass is 369 g/mol. The maximum Gasteiger partial charge on any atom is 0.176 e. The fraction of sp³-hybridized carbons (Fsp3) is 0.500. The van der Waals surface area contributed by atoms with Crippen LogP contribution in [0.15, 0.2) is 34.9 Å². The Morgan fingerprint density at radius 3 is 2.59 bits per heavy atom. The maximum absolute atomic E-state index is 6.13. The fourth-order valence-corrected chi connectivity index (χ4v) is 3.33. The van der Waals surface area contributed by atoms with Crippen molar-refractivity contribution >= 4 is 11.0 Å². The summed E-state index contributed by atoms with van der Waals surface area (Å²) in [6.45, 7) is 15.4. The van der Waals surface area contributed by atoms with Crippen LogP contribution in [0.3, 0.4) is 0 Å². The Hall–Kier alpha value is -2.27. The van der Waals surface area contributed by atoms with Gasteiger partial charge in [0.1, 0.15) is 5.76 Å². The molecule has 0 spiro atoms. The normalized spacial score (nSPS) is 14.5. The Balaban J connectivity index is 1.81. The van der Waals surface area contributed by atoms with Gasteiger partial charge in [-0.15, -0.1) is 0 Å². The minimum absolute atomic E-state index is 0.0250. The molecule has 0 unspecified atom stereocenters. The van der Waals surface area contributed by atoms with Gasteiger partial charge in [0.05, 0.1) is 23.9 Å². The summed E-state index contributed by atoms with van der Waals surface area (Å²) in [5.41, 5.74) is 3.05. The Labute approximate surface area is 161 Å². The van der Waals surface area contributed by atoms with E-state index in [1.54, 1.807) is 0 Å². The van der Waals surface area contributed by atoms with Crippen LogP contribution in [0.4, 0.5) is 0 Å². The molecule has 2 heterocycles. The Kier molecular flexibility index (Phi) is 5.33. The molecule has 146 valence electrons. The minimum atomic E-state index is -0.0250. The molecule has 0 aliphatic carbocycles. The first-order chi connectivity index (χ1) is 12.7.